The zero-order valence-corrected chi connectivity index (χ0v) is 12.9. The van der Waals surface area contributed by atoms with Crippen LogP contribution in [0.4, 0.5) is 5.69 Å². The molecule has 0 aromatic heterocycles. The molecule has 0 amide bonds. The molecular formula is C17H24ClNO. The summed E-state index contributed by atoms with van der Waals surface area (Å²) in [6.07, 6.45) is 8.32. The third kappa shape index (κ3) is 2.39. The van der Waals surface area contributed by atoms with E-state index in [9.17, 15) is 0 Å². The molecule has 3 heteroatoms. The van der Waals surface area contributed by atoms with Crippen molar-refractivity contribution >= 4 is 18.1 Å². The van der Waals surface area contributed by atoms with Gasteiger partial charge in [-0.1, -0.05) is 0 Å². The Morgan fingerprint density at radius 2 is 1.45 bits per heavy atom. The van der Waals surface area contributed by atoms with Gasteiger partial charge in [0.05, 0.1) is 0 Å². The minimum Gasteiger partial charge on any atom is -0.487 e. The quantitative estimate of drug-likeness (QED) is 0.886. The summed E-state index contributed by atoms with van der Waals surface area (Å²) in [6, 6.07) is 8.44. The van der Waals surface area contributed by atoms with Crippen LogP contribution in [0.15, 0.2) is 24.3 Å². The molecule has 0 heterocycles. The normalized spacial score (nSPS) is 37.4. The maximum Gasteiger partial charge on any atom is 0.120 e. The van der Waals surface area contributed by atoms with Gasteiger partial charge in [-0.15, -0.1) is 12.4 Å². The highest BCUT2D eigenvalue weighted by Crippen LogP contribution is 2.57. The van der Waals surface area contributed by atoms with Crippen LogP contribution in [0.2, 0.25) is 0 Å². The Hall–Kier alpha value is -0.890. The first-order valence-electron chi connectivity index (χ1n) is 7.71. The van der Waals surface area contributed by atoms with Crippen LogP contribution in [0.1, 0.15) is 38.5 Å². The van der Waals surface area contributed by atoms with Crippen molar-refractivity contribution in [1.29, 1.82) is 0 Å². The van der Waals surface area contributed by atoms with Gasteiger partial charge < -0.3 is 10.1 Å². The Labute approximate surface area is 127 Å². The smallest absolute Gasteiger partial charge is 0.120 e. The Morgan fingerprint density at radius 3 is 1.90 bits per heavy atom. The molecule has 2 nitrogen and oxygen atoms in total. The van der Waals surface area contributed by atoms with Crippen molar-refractivity contribution in [2.24, 2.45) is 17.8 Å². The van der Waals surface area contributed by atoms with Gasteiger partial charge in [-0.25, -0.2) is 0 Å². The number of hydrogen-bond acceptors (Lipinski definition) is 2. The molecule has 1 aromatic carbocycles. The van der Waals surface area contributed by atoms with Gasteiger partial charge in [0, 0.05) is 12.7 Å². The molecule has 110 valence electrons. The molecule has 0 spiro atoms. The van der Waals surface area contributed by atoms with E-state index in [0.29, 0.717) is 0 Å². The van der Waals surface area contributed by atoms with E-state index < -0.39 is 0 Å². The first kappa shape index (κ1) is 14.1. The van der Waals surface area contributed by atoms with Crippen LogP contribution in [0.5, 0.6) is 5.75 Å². The Balaban J connectivity index is 0.00000121. The first-order valence-corrected chi connectivity index (χ1v) is 7.71. The standard InChI is InChI=1S/C17H23NO.ClH/c1-18-15-2-4-16(5-3-15)19-17-9-12-6-13(10-17)8-14(7-12)11-17;/h2-5,12-14,18H,6-11H2,1H3;1H. The number of halogens is 1. The average Bonchev–Trinajstić information content (AvgIpc) is 2.37. The molecule has 1 aromatic rings. The molecular weight excluding hydrogens is 270 g/mol. The Kier molecular flexibility index (Phi) is 3.62. The topological polar surface area (TPSA) is 21.3 Å². The molecule has 4 fully saturated rings. The second-order valence-electron chi connectivity index (χ2n) is 6.98. The molecule has 0 saturated heterocycles. The summed E-state index contributed by atoms with van der Waals surface area (Å²) in [4.78, 5) is 0. The lowest BCUT2D eigenvalue weighted by molar-refractivity contribution is -0.107. The van der Waals surface area contributed by atoms with E-state index in [4.69, 9.17) is 4.74 Å². The van der Waals surface area contributed by atoms with Crippen molar-refractivity contribution in [3.05, 3.63) is 24.3 Å². The first-order chi connectivity index (χ1) is 9.25. The van der Waals surface area contributed by atoms with E-state index >= 15 is 0 Å². The molecule has 4 saturated carbocycles. The summed E-state index contributed by atoms with van der Waals surface area (Å²) in [6.45, 7) is 0. The van der Waals surface area contributed by atoms with E-state index in [1.165, 1.54) is 38.5 Å². The van der Waals surface area contributed by atoms with Crippen molar-refractivity contribution in [3.8, 4) is 5.75 Å². The van der Waals surface area contributed by atoms with Crippen LogP contribution in [0, 0.1) is 17.8 Å². The lowest BCUT2D eigenvalue weighted by Crippen LogP contribution is -2.53. The fourth-order valence-electron chi connectivity index (χ4n) is 5.10. The highest BCUT2D eigenvalue weighted by molar-refractivity contribution is 5.85. The zero-order valence-electron chi connectivity index (χ0n) is 12.1. The predicted molar refractivity (Wildman–Crippen MR) is 84.8 cm³/mol. The van der Waals surface area contributed by atoms with E-state index in [1.54, 1.807) is 0 Å². The number of nitrogens with one attached hydrogen (secondary N) is 1. The van der Waals surface area contributed by atoms with Crippen LogP contribution in [0.25, 0.3) is 0 Å². The predicted octanol–water partition coefficient (Wildman–Crippen LogP) is 4.50. The molecule has 0 atom stereocenters. The van der Waals surface area contributed by atoms with Crippen LogP contribution < -0.4 is 10.1 Å². The lowest BCUT2D eigenvalue weighted by Gasteiger charge is -2.56. The molecule has 0 unspecified atom stereocenters. The van der Waals surface area contributed by atoms with Crippen molar-refractivity contribution in [2.45, 2.75) is 44.1 Å². The van der Waals surface area contributed by atoms with Crippen molar-refractivity contribution in [2.75, 3.05) is 12.4 Å². The van der Waals surface area contributed by atoms with Crippen LogP contribution >= 0.6 is 12.4 Å². The van der Waals surface area contributed by atoms with Gasteiger partial charge in [0.2, 0.25) is 0 Å². The molecule has 4 bridgehead atoms. The highest BCUT2D eigenvalue weighted by Gasteiger charge is 2.52. The van der Waals surface area contributed by atoms with E-state index in [1.807, 2.05) is 7.05 Å². The summed E-state index contributed by atoms with van der Waals surface area (Å²) in [5.74, 6) is 3.90. The fourth-order valence-corrected chi connectivity index (χ4v) is 5.10. The maximum absolute atomic E-state index is 6.49. The van der Waals surface area contributed by atoms with Gasteiger partial charge in [-0.2, -0.15) is 0 Å². The third-order valence-corrected chi connectivity index (χ3v) is 5.46. The molecule has 20 heavy (non-hydrogen) atoms. The molecule has 4 aliphatic carbocycles. The second-order valence-corrected chi connectivity index (χ2v) is 6.98. The lowest BCUT2D eigenvalue weighted by atomic mass is 9.54. The number of ether oxygens (including phenoxy) is 1. The molecule has 4 aliphatic rings. The van der Waals surface area contributed by atoms with Crippen LogP contribution in [-0.2, 0) is 0 Å². The fraction of sp³-hybridized carbons (Fsp3) is 0.647. The van der Waals surface area contributed by atoms with Gasteiger partial charge in [0.1, 0.15) is 11.4 Å². The summed E-state index contributed by atoms with van der Waals surface area (Å²) in [7, 11) is 1.95. The second kappa shape index (κ2) is 5.14. The van der Waals surface area contributed by atoms with Gasteiger partial charge in [-0.05, 0) is 80.5 Å². The highest BCUT2D eigenvalue weighted by atomic mass is 35.5. The largest absolute Gasteiger partial charge is 0.487 e. The van der Waals surface area contributed by atoms with Crippen molar-refractivity contribution in [1.82, 2.24) is 0 Å². The molecule has 1 N–H and O–H groups in total. The summed E-state index contributed by atoms with van der Waals surface area (Å²) >= 11 is 0. The SMILES string of the molecule is CNc1ccc(OC23CC4CC(CC(C4)C2)C3)cc1.Cl. The molecule has 0 aliphatic heterocycles. The molecule has 5 rings (SSSR count). The Bertz CT molecular complexity index is 435. The minimum absolute atomic E-state index is 0. The zero-order chi connectivity index (χ0) is 12.9. The van der Waals surface area contributed by atoms with Crippen molar-refractivity contribution < 1.29 is 4.74 Å². The monoisotopic (exact) mass is 293 g/mol. The van der Waals surface area contributed by atoms with Crippen LogP contribution in [0.3, 0.4) is 0 Å². The van der Waals surface area contributed by atoms with Crippen molar-refractivity contribution in [3.63, 3.8) is 0 Å². The average molecular weight is 294 g/mol. The summed E-state index contributed by atoms with van der Waals surface area (Å²) in [5.41, 5.74) is 1.33. The number of hydrogen-bond donors (Lipinski definition) is 1. The number of rotatable bonds is 3. The van der Waals surface area contributed by atoms with Crippen LogP contribution in [-0.4, -0.2) is 12.6 Å². The Morgan fingerprint density at radius 1 is 0.950 bits per heavy atom. The summed E-state index contributed by atoms with van der Waals surface area (Å²) in [5, 5.41) is 3.16. The third-order valence-electron chi connectivity index (χ3n) is 5.46. The van der Waals surface area contributed by atoms with Gasteiger partial charge in [0.15, 0.2) is 0 Å². The van der Waals surface area contributed by atoms with E-state index in [2.05, 4.69) is 29.6 Å². The molecule has 0 radical (unpaired) electrons. The van der Waals surface area contributed by atoms with E-state index in [-0.39, 0.29) is 18.0 Å². The van der Waals surface area contributed by atoms with Gasteiger partial charge in [0.25, 0.3) is 0 Å². The number of anilines is 1. The van der Waals surface area contributed by atoms with Gasteiger partial charge >= 0.3 is 0 Å². The minimum atomic E-state index is 0. The van der Waals surface area contributed by atoms with E-state index in [0.717, 1.165) is 29.2 Å². The van der Waals surface area contributed by atoms with Gasteiger partial charge in [-0.3, -0.25) is 0 Å². The summed E-state index contributed by atoms with van der Waals surface area (Å²) < 4.78 is 6.49. The maximum atomic E-state index is 6.49. The number of benzene rings is 1.